The first-order valence-corrected chi connectivity index (χ1v) is 11.1. The van der Waals surface area contributed by atoms with Crippen molar-refractivity contribution in [1.29, 1.82) is 0 Å². The second-order valence-corrected chi connectivity index (χ2v) is 8.79. The summed E-state index contributed by atoms with van der Waals surface area (Å²) in [5.74, 6) is 0.827. The highest BCUT2D eigenvalue weighted by molar-refractivity contribution is 9.10. The fourth-order valence-corrected chi connectivity index (χ4v) is 4.12. The molecule has 0 saturated heterocycles. The Hall–Kier alpha value is -2.01. The molecule has 4 aromatic carbocycles. The Labute approximate surface area is 192 Å². The molecule has 0 aromatic heterocycles. The van der Waals surface area contributed by atoms with Crippen molar-refractivity contribution in [2.24, 2.45) is 0 Å². The number of nitrogens with one attached hydrogen (secondary N) is 1. The van der Waals surface area contributed by atoms with Gasteiger partial charge in [0.25, 0.3) is 0 Å². The zero-order chi connectivity index (χ0) is 20.2. The highest BCUT2D eigenvalue weighted by Crippen LogP contribution is 2.29. The van der Waals surface area contributed by atoms with Crippen molar-refractivity contribution >= 4 is 59.9 Å². The molecule has 0 unspecified atom stereocenters. The van der Waals surface area contributed by atoms with Gasteiger partial charge in [-0.15, -0.1) is 0 Å². The molecule has 0 heterocycles. The van der Waals surface area contributed by atoms with Crippen LogP contribution < -0.4 is 10.1 Å². The number of halogens is 3. The molecule has 2 nitrogen and oxygen atoms in total. The Morgan fingerprint density at radius 1 is 0.828 bits per heavy atom. The van der Waals surface area contributed by atoms with E-state index in [0.717, 1.165) is 25.9 Å². The van der Waals surface area contributed by atoms with Gasteiger partial charge >= 0.3 is 0 Å². The van der Waals surface area contributed by atoms with Crippen LogP contribution in [0.1, 0.15) is 11.1 Å². The summed E-state index contributed by atoms with van der Waals surface area (Å²) >= 11 is 13.2. The molecule has 0 amide bonds. The van der Waals surface area contributed by atoms with Crippen LogP contribution in [0.2, 0.25) is 5.02 Å². The van der Waals surface area contributed by atoms with Gasteiger partial charge in [-0.2, -0.15) is 0 Å². The Morgan fingerprint density at radius 2 is 1.66 bits per heavy atom. The van der Waals surface area contributed by atoms with Crippen molar-refractivity contribution in [3.05, 3.63) is 104 Å². The van der Waals surface area contributed by atoms with E-state index in [2.05, 4.69) is 91.8 Å². The SMILES string of the molecule is Clc1cc(NCc2ccc(OCc3cccc4ccccc34)c(Br)c2)ccc1Br. The summed E-state index contributed by atoms with van der Waals surface area (Å²) in [6, 6.07) is 26.6. The molecule has 0 saturated carbocycles. The first kappa shape index (κ1) is 20.3. The third-order valence-corrected chi connectivity index (χ3v) is 6.53. The molecule has 4 rings (SSSR count). The summed E-state index contributed by atoms with van der Waals surface area (Å²) in [5.41, 5.74) is 3.30. The molecular weight excluding hydrogens is 514 g/mol. The average molecular weight is 532 g/mol. The summed E-state index contributed by atoms with van der Waals surface area (Å²) in [6.45, 7) is 1.22. The van der Waals surface area contributed by atoms with E-state index in [-0.39, 0.29) is 0 Å². The van der Waals surface area contributed by atoms with Crippen LogP contribution in [0.3, 0.4) is 0 Å². The Kier molecular flexibility index (Phi) is 6.43. The molecule has 0 atom stereocenters. The lowest BCUT2D eigenvalue weighted by molar-refractivity contribution is 0.305. The molecule has 0 aliphatic carbocycles. The van der Waals surface area contributed by atoms with Crippen molar-refractivity contribution in [2.45, 2.75) is 13.2 Å². The lowest BCUT2D eigenvalue weighted by Crippen LogP contribution is -2.01. The topological polar surface area (TPSA) is 21.3 Å². The maximum absolute atomic E-state index is 6.15. The minimum atomic E-state index is 0.523. The minimum Gasteiger partial charge on any atom is -0.488 e. The third kappa shape index (κ3) is 4.95. The van der Waals surface area contributed by atoms with E-state index in [1.165, 1.54) is 16.3 Å². The molecule has 1 N–H and O–H groups in total. The largest absolute Gasteiger partial charge is 0.488 e. The zero-order valence-corrected chi connectivity index (χ0v) is 19.4. The predicted molar refractivity (Wildman–Crippen MR) is 129 cm³/mol. The van der Waals surface area contributed by atoms with Crippen LogP contribution in [-0.2, 0) is 13.2 Å². The normalized spacial score (nSPS) is 10.9. The standard InChI is InChI=1S/C24H18Br2ClNO/c25-21-10-9-19(13-23(21)27)28-14-16-8-11-24(22(26)12-16)29-15-18-6-3-5-17-4-1-2-7-20(17)18/h1-13,28H,14-15H2. The fraction of sp³-hybridized carbons (Fsp3) is 0.0833. The molecule has 5 heteroatoms. The molecule has 4 aromatic rings. The number of benzene rings is 4. The van der Waals surface area contributed by atoms with Crippen LogP contribution in [0, 0.1) is 0 Å². The van der Waals surface area contributed by atoms with Crippen molar-refractivity contribution in [3.63, 3.8) is 0 Å². The summed E-state index contributed by atoms with van der Waals surface area (Å²) in [7, 11) is 0. The van der Waals surface area contributed by atoms with Crippen molar-refractivity contribution in [1.82, 2.24) is 0 Å². The Bertz CT molecular complexity index is 1160. The first-order chi connectivity index (χ1) is 14.1. The fourth-order valence-electron chi connectivity index (χ4n) is 3.16. The summed E-state index contributed by atoms with van der Waals surface area (Å²) < 4.78 is 7.91. The quantitative estimate of drug-likeness (QED) is 0.271. The third-order valence-electron chi connectivity index (χ3n) is 4.68. The first-order valence-electron chi connectivity index (χ1n) is 9.17. The molecular formula is C24H18Br2ClNO. The van der Waals surface area contributed by atoms with Crippen LogP contribution in [-0.4, -0.2) is 0 Å². The number of hydrogen-bond donors (Lipinski definition) is 1. The average Bonchev–Trinajstić information content (AvgIpc) is 2.74. The van der Waals surface area contributed by atoms with Gasteiger partial charge < -0.3 is 10.1 Å². The maximum Gasteiger partial charge on any atom is 0.134 e. The van der Waals surface area contributed by atoms with E-state index < -0.39 is 0 Å². The van der Waals surface area contributed by atoms with Crippen molar-refractivity contribution in [3.8, 4) is 5.75 Å². The van der Waals surface area contributed by atoms with Gasteiger partial charge in [0.2, 0.25) is 0 Å². The van der Waals surface area contributed by atoms with Gasteiger partial charge in [0.05, 0.1) is 9.50 Å². The van der Waals surface area contributed by atoms with Crippen LogP contribution in [0.25, 0.3) is 10.8 Å². The van der Waals surface area contributed by atoms with E-state index >= 15 is 0 Å². The number of fused-ring (bicyclic) bond motifs is 1. The van der Waals surface area contributed by atoms with E-state index in [4.69, 9.17) is 16.3 Å². The van der Waals surface area contributed by atoms with E-state index in [1.807, 2.05) is 24.3 Å². The second kappa shape index (κ2) is 9.21. The minimum absolute atomic E-state index is 0.523. The van der Waals surface area contributed by atoms with Crippen LogP contribution in [0.5, 0.6) is 5.75 Å². The van der Waals surface area contributed by atoms with E-state index in [1.54, 1.807) is 0 Å². The summed E-state index contributed by atoms with van der Waals surface area (Å²) in [6.07, 6.45) is 0. The smallest absolute Gasteiger partial charge is 0.134 e. The summed E-state index contributed by atoms with van der Waals surface area (Å²) in [4.78, 5) is 0. The van der Waals surface area contributed by atoms with Gasteiger partial charge in [-0.05, 0) is 84.1 Å². The highest BCUT2D eigenvalue weighted by Gasteiger charge is 2.06. The van der Waals surface area contributed by atoms with Crippen LogP contribution >= 0.6 is 43.5 Å². The molecule has 0 bridgehead atoms. The van der Waals surface area contributed by atoms with Crippen molar-refractivity contribution < 1.29 is 4.74 Å². The van der Waals surface area contributed by atoms with Gasteiger partial charge in [-0.25, -0.2) is 0 Å². The molecule has 29 heavy (non-hydrogen) atoms. The lowest BCUT2D eigenvalue weighted by Gasteiger charge is -2.12. The molecule has 0 aliphatic rings. The molecule has 146 valence electrons. The van der Waals surface area contributed by atoms with Crippen molar-refractivity contribution in [2.75, 3.05) is 5.32 Å². The van der Waals surface area contributed by atoms with Gasteiger partial charge in [0.1, 0.15) is 12.4 Å². The molecule has 0 fully saturated rings. The zero-order valence-electron chi connectivity index (χ0n) is 15.5. The van der Waals surface area contributed by atoms with Crippen LogP contribution in [0.15, 0.2) is 87.8 Å². The predicted octanol–water partition coefficient (Wildman–Crippen LogP) is 8.21. The lowest BCUT2D eigenvalue weighted by atomic mass is 10.1. The van der Waals surface area contributed by atoms with E-state index in [0.29, 0.717) is 18.2 Å². The number of ether oxygens (including phenoxy) is 1. The second-order valence-electron chi connectivity index (χ2n) is 6.67. The van der Waals surface area contributed by atoms with Gasteiger partial charge in [0.15, 0.2) is 0 Å². The molecule has 0 radical (unpaired) electrons. The number of anilines is 1. The van der Waals surface area contributed by atoms with Crippen LogP contribution in [0.4, 0.5) is 5.69 Å². The number of rotatable bonds is 6. The Balaban J connectivity index is 1.42. The van der Waals surface area contributed by atoms with Gasteiger partial charge in [-0.3, -0.25) is 0 Å². The van der Waals surface area contributed by atoms with Gasteiger partial charge in [-0.1, -0.05) is 60.1 Å². The molecule has 0 aliphatic heterocycles. The monoisotopic (exact) mass is 529 g/mol. The number of hydrogen-bond acceptors (Lipinski definition) is 2. The van der Waals surface area contributed by atoms with Gasteiger partial charge in [0, 0.05) is 16.7 Å². The van der Waals surface area contributed by atoms with E-state index in [9.17, 15) is 0 Å². The Morgan fingerprint density at radius 3 is 2.48 bits per heavy atom. The highest BCUT2D eigenvalue weighted by atomic mass is 79.9. The molecule has 0 spiro atoms. The summed E-state index contributed by atoms with van der Waals surface area (Å²) in [5, 5.41) is 6.52. The maximum atomic E-state index is 6.15.